The van der Waals surface area contributed by atoms with E-state index in [1.54, 1.807) is 0 Å². The molecule has 1 aromatic rings. The van der Waals surface area contributed by atoms with Crippen LogP contribution in [0.2, 0.25) is 0 Å². The maximum absolute atomic E-state index is 8.56. The van der Waals surface area contributed by atoms with Gasteiger partial charge in [0.1, 0.15) is 5.75 Å². The third-order valence-electron chi connectivity index (χ3n) is 2.76. The van der Waals surface area contributed by atoms with Crippen LogP contribution in [0, 0.1) is 0 Å². The van der Waals surface area contributed by atoms with Gasteiger partial charge >= 0.3 is 6.16 Å². The molecule has 0 saturated carbocycles. The van der Waals surface area contributed by atoms with Gasteiger partial charge in [-0.25, -0.2) is 4.79 Å². The van der Waals surface area contributed by atoms with Crippen molar-refractivity contribution in [2.24, 2.45) is 0 Å². The molecule has 3 N–H and O–H groups in total. The van der Waals surface area contributed by atoms with Gasteiger partial charge < -0.3 is 20.3 Å². The number of benzene rings is 1. The van der Waals surface area contributed by atoms with Crippen molar-refractivity contribution in [2.75, 3.05) is 11.9 Å². The molecule has 1 radical (unpaired) electrons. The summed E-state index contributed by atoms with van der Waals surface area (Å²) in [5, 5.41) is 17.4. The summed E-state index contributed by atoms with van der Waals surface area (Å²) in [5.41, 5.74) is 3.77. The minimum Gasteiger partial charge on any atom is -0.494 e. The van der Waals surface area contributed by atoms with E-state index in [2.05, 4.69) is 44.3 Å². The molecule has 0 saturated heterocycles. The molecule has 0 bridgehead atoms. The maximum Gasteiger partial charge on any atom is 0.503 e. The van der Waals surface area contributed by atoms with Crippen LogP contribution in [0.25, 0.3) is 5.57 Å². The number of rotatable bonds is 2. The molecule has 1 aliphatic rings. The topological polar surface area (TPSA) is 78.8 Å². The van der Waals surface area contributed by atoms with Gasteiger partial charge in [0.25, 0.3) is 0 Å². The van der Waals surface area contributed by atoms with Crippen LogP contribution in [0.4, 0.5) is 10.5 Å². The fraction of sp³-hybridized carbons (Fsp3) is 0.400. The van der Waals surface area contributed by atoms with Crippen molar-refractivity contribution in [2.45, 2.75) is 33.2 Å². The molecule has 21 heavy (non-hydrogen) atoms. The fourth-order valence-corrected chi connectivity index (χ4v) is 2.22. The SMILES string of the molecule is CCOc1ccc2c(c1)C(C)=CC(C)(C)N2.O=C(O)O.[Co]. The van der Waals surface area contributed by atoms with E-state index in [1.807, 2.05) is 13.0 Å². The summed E-state index contributed by atoms with van der Waals surface area (Å²) in [7, 11) is 0. The molecule has 1 heterocycles. The monoisotopic (exact) mass is 338 g/mol. The van der Waals surface area contributed by atoms with E-state index in [1.165, 1.54) is 16.8 Å². The number of hydrogen-bond acceptors (Lipinski definition) is 3. The largest absolute Gasteiger partial charge is 0.503 e. The van der Waals surface area contributed by atoms with Crippen LogP contribution >= 0.6 is 0 Å². The van der Waals surface area contributed by atoms with Crippen LogP contribution in [0.5, 0.6) is 5.75 Å². The fourth-order valence-electron chi connectivity index (χ4n) is 2.22. The normalized spacial score (nSPS) is 14.2. The summed E-state index contributed by atoms with van der Waals surface area (Å²) in [6, 6.07) is 6.22. The first-order chi connectivity index (χ1) is 9.25. The van der Waals surface area contributed by atoms with Crippen LogP contribution in [0.1, 0.15) is 33.3 Å². The van der Waals surface area contributed by atoms with Gasteiger partial charge in [-0.15, -0.1) is 0 Å². The second-order valence-corrected chi connectivity index (χ2v) is 5.10. The number of allylic oxidation sites excluding steroid dienone is 1. The van der Waals surface area contributed by atoms with Gasteiger partial charge in [-0.1, -0.05) is 6.08 Å². The van der Waals surface area contributed by atoms with Crippen molar-refractivity contribution in [3.63, 3.8) is 0 Å². The predicted molar refractivity (Wildman–Crippen MR) is 79.6 cm³/mol. The van der Waals surface area contributed by atoms with Crippen LogP contribution in [0.15, 0.2) is 24.3 Å². The Hall–Kier alpha value is -1.66. The van der Waals surface area contributed by atoms with E-state index in [0.29, 0.717) is 6.61 Å². The smallest absolute Gasteiger partial charge is 0.494 e. The molecule has 0 aliphatic carbocycles. The van der Waals surface area contributed by atoms with E-state index < -0.39 is 6.16 Å². The molecule has 0 fully saturated rings. The molecular formula is C15H21CoNO4. The second-order valence-electron chi connectivity index (χ2n) is 5.10. The molecule has 0 unspecified atom stereocenters. The van der Waals surface area contributed by atoms with Crippen molar-refractivity contribution < 1.29 is 36.5 Å². The standard InChI is InChI=1S/C14H19NO.CH2O3.Co/c1-5-16-11-6-7-13-12(8-11)10(2)9-14(3,4)15-13;2-1(3)4;/h6-9,15H,5H2,1-4H3;(H2,2,3,4);. The number of nitrogens with one attached hydrogen (secondary N) is 1. The van der Waals surface area contributed by atoms with Crippen molar-refractivity contribution in [3.8, 4) is 5.75 Å². The summed E-state index contributed by atoms with van der Waals surface area (Å²) in [6.07, 6.45) is 0.422. The Morgan fingerprint density at radius 2 is 1.90 bits per heavy atom. The summed E-state index contributed by atoms with van der Waals surface area (Å²) in [4.78, 5) is 8.56. The number of hydrogen-bond donors (Lipinski definition) is 3. The van der Waals surface area contributed by atoms with E-state index in [-0.39, 0.29) is 22.3 Å². The van der Waals surface area contributed by atoms with Gasteiger partial charge in [-0.05, 0) is 51.5 Å². The van der Waals surface area contributed by atoms with Crippen molar-refractivity contribution >= 4 is 17.4 Å². The number of carbonyl (C=O) groups is 1. The first-order valence-electron chi connectivity index (χ1n) is 6.42. The van der Waals surface area contributed by atoms with Crippen LogP contribution in [-0.2, 0) is 16.8 Å². The third kappa shape index (κ3) is 6.09. The molecule has 1 aromatic carbocycles. The first-order valence-corrected chi connectivity index (χ1v) is 6.42. The Labute approximate surface area is 135 Å². The zero-order valence-corrected chi connectivity index (χ0v) is 13.6. The van der Waals surface area contributed by atoms with Crippen LogP contribution in [-0.4, -0.2) is 28.5 Å². The number of carboxylic acid groups (broad SMARTS) is 2. The average molecular weight is 338 g/mol. The molecule has 0 spiro atoms. The van der Waals surface area contributed by atoms with Gasteiger partial charge in [0.05, 0.1) is 12.1 Å². The molecular weight excluding hydrogens is 317 g/mol. The quantitative estimate of drug-likeness (QED) is 0.762. The Balaban J connectivity index is 0.000000715. The Kier molecular flexibility index (Phi) is 7.32. The van der Waals surface area contributed by atoms with Crippen molar-refractivity contribution in [1.29, 1.82) is 0 Å². The third-order valence-corrected chi connectivity index (χ3v) is 2.76. The van der Waals surface area contributed by atoms with Crippen molar-refractivity contribution in [3.05, 3.63) is 29.8 Å². The molecule has 1 aliphatic heterocycles. The summed E-state index contributed by atoms with van der Waals surface area (Å²) < 4.78 is 5.52. The number of ether oxygens (including phenoxy) is 1. The average Bonchev–Trinajstić information content (AvgIpc) is 2.28. The van der Waals surface area contributed by atoms with E-state index >= 15 is 0 Å². The molecule has 0 amide bonds. The van der Waals surface area contributed by atoms with Gasteiger partial charge in [0.2, 0.25) is 0 Å². The molecule has 6 heteroatoms. The minimum absolute atomic E-state index is 0. The maximum atomic E-state index is 8.56. The second kappa shape index (κ2) is 7.95. The van der Waals surface area contributed by atoms with Crippen LogP contribution < -0.4 is 10.1 Å². The summed E-state index contributed by atoms with van der Waals surface area (Å²) in [5.74, 6) is 0.940. The predicted octanol–water partition coefficient (Wildman–Crippen LogP) is 3.91. The Morgan fingerprint density at radius 3 is 2.43 bits per heavy atom. The Bertz CT molecular complexity index is 522. The van der Waals surface area contributed by atoms with E-state index in [9.17, 15) is 0 Å². The van der Waals surface area contributed by atoms with E-state index in [0.717, 1.165) is 5.75 Å². The zero-order chi connectivity index (χ0) is 15.3. The molecule has 0 aromatic heterocycles. The van der Waals surface area contributed by atoms with Gasteiger partial charge in [0.15, 0.2) is 0 Å². The summed E-state index contributed by atoms with van der Waals surface area (Å²) in [6.45, 7) is 9.22. The van der Waals surface area contributed by atoms with Crippen LogP contribution in [0.3, 0.4) is 0 Å². The molecule has 2 rings (SSSR count). The first kappa shape index (κ1) is 19.3. The Morgan fingerprint density at radius 1 is 1.33 bits per heavy atom. The molecule has 0 atom stereocenters. The summed E-state index contributed by atoms with van der Waals surface area (Å²) >= 11 is 0. The number of fused-ring (bicyclic) bond motifs is 1. The number of anilines is 1. The van der Waals surface area contributed by atoms with E-state index in [4.69, 9.17) is 19.7 Å². The molecule has 119 valence electrons. The zero-order valence-electron chi connectivity index (χ0n) is 12.6. The minimum atomic E-state index is -1.83. The van der Waals surface area contributed by atoms with Crippen molar-refractivity contribution in [1.82, 2.24) is 0 Å². The van der Waals surface area contributed by atoms with Gasteiger partial charge in [-0.3, -0.25) is 0 Å². The molecule has 5 nitrogen and oxygen atoms in total. The van der Waals surface area contributed by atoms with Gasteiger partial charge in [-0.2, -0.15) is 0 Å². The van der Waals surface area contributed by atoms with Gasteiger partial charge in [0, 0.05) is 28.0 Å².